The summed E-state index contributed by atoms with van der Waals surface area (Å²) in [4.78, 5) is 11.1. The third kappa shape index (κ3) is 3.13. The second-order valence-electron chi connectivity index (χ2n) is 2.89. The Labute approximate surface area is 89.4 Å². The number of halogens is 1. The Morgan fingerprint density at radius 2 is 2.07 bits per heavy atom. The van der Waals surface area contributed by atoms with E-state index in [1.165, 1.54) is 12.1 Å². The Kier molecular flexibility index (Phi) is 4.42. The third-order valence-electron chi connectivity index (χ3n) is 1.83. The lowest BCUT2D eigenvalue weighted by molar-refractivity contribution is 0.0693. The molecule has 15 heavy (non-hydrogen) atoms. The minimum atomic E-state index is -1.44. The van der Waals surface area contributed by atoms with E-state index < -0.39 is 23.4 Å². The van der Waals surface area contributed by atoms with E-state index in [1.54, 1.807) is 12.1 Å². The summed E-state index contributed by atoms with van der Waals surface area (Å²) >= 11 is 0. The maximum Gasteiger partial charge on any atom is 0.336 e. The van der Waals surface area contributed by atoms with Crippen LogP contribution in [0.2, 0.25) is 0 Å². The van der Waals surface area contributed by atoms with E-state index in [9.17, 15) is 13.4 Å². The van der Waals surface area contributed by atoms with Crippen molar-refractivity contribution in [2.75, 3.05) is 12.4 Å². The predicted octanol–water partition coefficient (Wildman–Crippen LogP) is 1.85. The number of aromatic carboxylic acids is 1. The quantitative estimate of drug-likeness (QED) is 0.839. The molecule has 0 aliphatic carbocycles. The lowest BCUT2D eigenvalue weighted by Gasteiger charge is -2.04. The van der Waals surface area contributed by atoms with Gasteiger partial charge in [-0.05, 0) is 18.6 Å². The molecule has 0 saturated heterocycles. The first-order valence-corrected chi connectivity index (χ1v) is 5.75. The molecule has 0 bridgehead atoms. The van der Waals surface area contributed by atoms with Gasteiger partial charge in [0.1, 0.15) is 0 Å². The molecule has 0 saturated carbocycles. The van der Waals surface area contributed by atoms with E-state index in [-0.39, 0.29) is 22.6 Å². The van der Waals surface area contributed by atoms with Crippen LogP contribution in [-0.4, -0.2) is 27.7 Å². The molecule has 0 aromatic heterocycles. The molecule has 0 fully saturated rings. The van der Waals surface area contributed by atoms with Gasteiger partial charge in [-0.15, -0.1) is 0 Å². The van der Waals surface area contributed by atoms with E-state index >= 15 is 0 Å². The van der Waals surface area contributed by atoms with Crippen molar-refractivity contribution in [2.24, 2.45) is 0 Å². The second kappa shape index (κ2) is 5.60. The van der Waals surface area contributed by atoms with Gasteiger partial charge in [0.05, 0.1) is 27.9 Å². The molecule has 0 heterocycles. The van der Waals surface area contributed by atoms with Gasteiger partial charge in [-0.3, -0.25) is 8.60 Å². The number of carbonyl (C=O) groups is 1. The largest absolute Gasteiger partial charge is 0.478 e. The van der Waals surface area contributed by atoms with Gasteiger partial charge in [0.25, 0.3) is 0 Å². The summed E-state index contributed by atoms with van der Waals surface area (Å²) in [6, 6.07) is 6.08. The van der Waals surface area contributed by atoms with Gasteiger partial charge in [-0.1, -0.05) is 12.1 Å². The van der Waals surface area contributed by atoms with Gasteiger partial charge >= 0.3 is 5.97 Å². The number of carboxylic acid groups (broad SMARTS) is 1. The molecule has 3 nitrogen and oxygen atoms in total. The van der Waals surface area contributed by atoms with Crippen LogP contribution in [0.5, 0.6) is 0 Å². The van der Waals surface area contributed by atoms with Crippen molar-refractivity contribution < 1.29 is 18.5 Å². The normalized spacial score (nSPS) is 12.3. The van der Waals surface area contributed by atoms with E-state index in [4.69, 9.17) is 5.11 Å². The summed E-state index contributed by atoms with van der Waals surface area (Å²) in [5.74, 6) is -0.958. The molecule has 0 radical (unpaired) electrons. The molecule has 82 valence electrons. The molecule has 0 aliphatic heterocycles. The van der Waals surface area contributed by atoms with Crippen LogP contribution in [0, 0.1) is 0 Å². The van der Waals surface area contributed by atoms with Crippen molar-refractivity contribution in [1.82, 2.24) is 0 Å². The minimum Gasteiger partial charge on any atom is -0.478 e. The number of carboxylic acids is 1. The molecule has 0 amide bonds. The molecule has 1 rings (SSSR count). The molecular formula is C10H11FO3S. The molecule has 0 spiro atoms. The maximum absolute atomic E-state index is 11.9. The number of alkyl halides is 1. The fourth-order valence-corrected chi connectivity index (χ4v) is 2.36. The molecule has 1 aromatic rings. The van der Waals surface area contributed by atoms with Crippen LogP contribution in [0.1, 0.15) is 16.8 Å². The molecule has 1 unspecified atom stereocenters. The first-order valence-electron chi connectivity index (χ1n) is 4.43. The molecule has 1 N–H and O–H groups in total. The smallest absolute Gasteiger partial charge is 0.336 e. The van der Waals surface area contributed by atoms with Crippen molar-refractivity contribution in [3.8, 4) is 0 Å². The summed E-state index contributed by atoms with van der Waals surface area (Å²) in [6.45, 7) is -0.541. The van der Waals surface area contributed by atoms with Crippen LogP contribution in [0.3, 0.4) is 0 Å². The molecule has 0 aliphatic rings. The average molecular weight is 230 g/mol. The highest BCUT2D eigenvalue weighted by Gasteiger charge is 2.13. The van der Waals surface area contributed by atoms with Gasteiger partial charge in [-0.25, -0.2) is 4.79 Å². The monoisotopic (exact) mass is 230 g/mol. The van der Waals surface area contributed by atoms with Crippen LogP contribution in [0.4, 0.5) is 4.39 Å². The zero-order valence-electron chi connectivity index (χ0n) is 7.98. The highest BCUT2D eigenvalue weighted by atomic mass is 32.2. The van der Waals surface area contributed by atoms with Gasteiger partial charge in [0.2, 0.25) is 0 Å². The summed E-state index contributed by atoms with van der Waals surface area (Å²) < 4.78 is 23.5. The third-order valence-corrected chi connectivity index (χ3v) is 3.33. The van der Waals surface area contributed by atoms with Crippen molar-refractivity contribution in [3.05, 3.63) is 29.8 Å². The van der Waals surface area contributed by atoms with E-state index in [0.717, 1.165) is 0 Å². The number of benzene rings is 1. The highest BCUT2D eigenvalue weighted by Crippen LogP contribution is 2.14. The van der Waals surface area contributed by atoms with Gasteiger partial charge in [0.15, 0.2) is 0 Å². The Morgan fingerprint density at radius 1 is 1.40 bits per heavy atom. The van der Waals surface area contributed by atoms with Crippen molar-refractivity contribution >= 4 is 16.8 Å². The van der Waals surface area contributed by atoms with Gasteiger partial charge in [0, 0.05) is 5.75 Å². The average Bonchev–Trinajstić information content (AvgIpc) is 2.25. The number of rotatable bonds is 5. The van der Waals surface area contributed by atoms with Crippen LogP contribution >= 0.6 is 0 Å². The Balaban J connectivity index is 2.92. The summed E-state index contributed by atoms with van der Waals surface area (Å²) in [5.41, 5.74) is 0.0229. The van der Waals surface area contributed by atoms with E-state index in [0.29, 0.717) is 0 Å². The van der Waals surface area contributed by atoms with Gasteiger partial charge < -0.3 is 5.11 Å². The Morgan fingerprint density at radius 3 is 2.67 bits per heavy atom. The zero-order valence-corrected chi connectivity index (χ0v) is 8.80. The standard InChI is InChI=1S/C10H11FO3S/c11-6-3-7-15(14)9-5-2-1-4-8(9)10(12)13/h1-2,4-5H,3,6-7H2,(H,12,13). The van der Waals surface area contributed by atoms with E-state index in [2.05, 4.69) is 0 Å². The minimum absolute atomic E-state index is 0.0229. The molecule has 5 heteroatoms. The Hall–Kier alpha value is -1.23. The van der Waals surface area contributed by atoms with Crippen LogP contribution in [-0.2, 0) is 10.8 Å². The molecular weight excluding hydrogens is 219 g/mol. The maximum atomic E-state index is 11.9. The van der Waals surface area contributed by atoms with E-state index in [1.807, 2.05) is 0 Å². The summed E-state index contributed by atoms with van der Waals surface area (Å²) in [5, 5.41) is 8.83. The highest BCUT2D eigenvalue weighted by molar-refractivity contribution is 7.85. The molecule has 1 atom stereocenters. The second-order valence-corrected chi connectivity index (χ2v) is 4.43. The van der Waals surface area contributed by atoms with Crippen molar-refractivity contribution in [1.29, 1.82) is 0 Å². The summed E-state index contributed by atoms with van der Waals surface area (Å²) in [7, 11) is -1.44. The van der Waals surface area contributed by atoms with Crippen molar-refractivity contribution in [3.63, 3.8) is 0 Å². The first-order chi connectivity index (χ1) is 7.16. The number of hydrogen-bond acceptors (Lipinski definition) is 2. The van der Waals surface area contributed by atoms with Crippen LogP contribution in [0.15, 0.2) is 29.2 Å². The fraction of sp³-hybridized carbons (Fsp3) is 0.300. The van der Waals surface area contributed by atoms with Crippen LogP contribution in [0.25, 0.3) is 0 Å². The lowest BCUT2D eigenvalue weighted by atomic mass is 10.2. The Bertz CT molecular complexity index is 379. The van der Waals surface area contributed by atoms with Gasteiger partial charge in [-0.2, -0.15) is 0 Å². The van der Waals surface area contributed by atoms with Crippen LogP contribution < -0.4 is 0 Å². The predicted molar refractivity (Wildman–Crippen MR) is 55.3 cm³/mol. The topological polar surface area (TPSA) is 54.4 Å². The SMILES string of the molecule is O=C(O)c1ccccc1S(=O)CCCF. The van der Waals surface area contributed by atoms with Crippen molar-refractivity contribution in [2.45, 2.75) is 11.3 Å². The fourth-order valence-electron chi connectivity index (χ4n) is 1.14. The summed E-state index contributed by atoms with van der Waals surface area (Å²) in [6.07, 6.45) is 0.181. The zero-order chi connectivity index (χ0) is 11.3. The lowest BCUT2D eigenvalue weighted by Crippen LogP contribution is -2.06. The first kappa shape index (κ1) is 11.8. The molecule has 1 aromatic carbocycles. The number of hydrogen-bond donors (Lipinski definition) is 1.